The average molecular weight is 483 g/mol. The first-order chi connectivity index (χ1) is 14.5. The summed E-state index contributed by atoms with van der Waals surface area (Å²) in [5.74, 6) is -0.00672. The van der Waals surface area contributed by atoms with Crippen molar-refractivity contribution in [2.75, 3.05) is 12.4 Å². The first kappa shape index (κ1) is 20.4. The van der Waals surface area contributed by atoms with Gasteiger partial charge in [-0.25, -0.2) is 0 Å². The van der Waals surface area contributed by atoms with Crippen LogP contribution in [0.3, 0.4) is 0 Å². The standard InChI is InChI=1S/C23H19BrN2O3S/c1-26(14-18-10-11-21(24)30-18)22(27)12-15-6-8-17(9-7-15)25-23(28)20-13-16-4-2-3-5-19(16)29-20/h2-11,13H,12,14H2,1H3,(H,25,28). The number of amides is 2. The second-order valence-electron chi connectivity index (χ2n) is 6.93. The van der Waals surface area contributed by atoms with E-state index in [-0.39, 0.29) is 17.6 Å². The molecule has 4 rings (SSSR count). The third-order valence-corrected chi connectivity index (χ3v) is 6.27. The van der Waals surface area contributed by atoms with Crippen LogP contribution in [0.2, 0.25) is 0 Å². The summed E-state index contributed by atoms with van der Waals surface area (Å²) >= 11 is 5.06. The van der Waals surface area contributed by atoms with Crippen LogP contribution in [0, 0.1) is 0 Å². The van der Waals surface area contributed by atoms with Gasteiger partial charge in [0.05, 0.1) is 16.8 Å². The van der Waals surface area contributed by atoms with Gasteiger partial charge in [-0.3, -0.25) is 9.59 Å². The normalized spacial score (nSPS) is 10.9. The number of carbonyl (C=O) groups excluding carboxylic acids is 2. The number of benzene rings is 2. The van der Waals surface area contributed by atoms with E-state index in [4.69, 9.17) is 4.42 Å². The number of likely N-dealkylation sites (N-methyl/N-ethyl adjacent to an activating group) is 1. The van der Waals surface area contributed by atoms with Crippen LogP contribution in [0.25, 0.3) is 11.0 Å². The lowest BCUT2D eigenvalue weighted by Gasteiger charge is -2.16. The predicted molar refractivity (Wildman–Crippen MR) is 123 cm³/mol. The van der Waals surface area contributed by atoms with Crippen LogP contribution in [-0.4, -0.2) is 23.8 Å². The molecule has 0 atom stereocenters. The number of hydrogen-bond acceptors (Lipinski definition) is 4. The largest absolute Gasteiger partial charge is 0.451 e. The Morgan fingerprint density at radius 3 is 2.53 bits per heavy atom. The first-order valence-electron chi connectivity index (χ1n) is 9.35. The molecule has 152 valence electrons. The van der Waals surface area contributed by atoms with Crippen LogP contribution in [0.15, 0.2) is 74.9 Å². The summed E-state index contributed by atoms with van der Waals surface area (Å²) in [4.78, 5) is 27.8. The van der Waals surface area contributed by atoms with Gasteiger partial charge in [-0.2, -0.15) is 0 Å². The lowest BCUT2D eigenvalue weighted by atomic mass is 10.1. The predicted octanol–water partition coefficient (Wildman–Crippen LogP) is 5.71. The summed E-state index contributed by atoms with van der Waals surface area (Å²) in [6.07, 6.45) is 0.306. The highest BCUT2D eigenvalue weighted by molar-refractivity contribution is 9.11. The second kappa shape index (κ2) is 8.85. The number of nitrogens with zero attached hydrogens (tertiary/aromatic N) is 1. The number of para-hydroxylation sites is 1. The van der Waals surface area contributed by atoms with E-state index in [0.29, 0.717) is 24.2 Å². The van der Waals surface area contributed by atoms with Gasteiger partial charge in [-0.15, -0.1) is 11.3 Å². The minimum absolute atomic E-state index is 0.0404. The molecule has 0 fully saturated rings. The van der Waals surface area contributed by atoms with Gasteiger partial charge in [-0.1, -0.05) is 30.3 Å². The van der Waals surface area contributed by atoms with Crippen LogP contribution in [0.4, 0.5) is 5.69 Å². The van der Waals surface area contributed by atoms with E-state index in [1.807, 2.05) is 48.5 Å². The Hall–Kier alpha value is -2.90. The molecule has 2 amide bonds. The molecule has 1 N–H and O–H groups in total. The zero-order valence-electron chi connectivity index (χ0n) is 16.2. The molecular formula is C23H19BrN2O3S. The van der Waals surface area contributed by atoms with Crippen LogP contribution in [0.1, 0.15) is 21.0 Å². The van der Waals surface area contributed by atoms with Gasteiger partial charge in [-0.05, 0) is 57.9 Å². The Morgan fingerprint density at radius 1 is 1.07 bits per heavy atom. The van der Waals surface area contributed by atoms with Crippen molar-refractivity contribution in [1.82, 2.24) is 4.90 Å². The van der Waals surface area contributed by atoms with Gasteiger partial charge in [0.15, 0.2) is 5.76 Å². The third kappa shape index (κ3) is 4.80. The highest BCUT2D eigenvalue weighted by Gasteiger charge is 2.14. The molecule has 0 saturated heterocycles. The molecule has 2 aromatic heterocycles. The maximum atomic E-state index is 12.5. The zero-order chi connectivity index (χ0) is 21.1. The van der Waals surface area contributed by atoms with Crippen LogP contribution in [-0.2, 0) is 17.8 Å². The summed E-state index contributed by atoms with van der Waals surface area (Å²) in [7, 11) is 1.80. The van der Waals surface area contributed by atoms with Crippen molar-refractivity contribution in [3.05, 3.63) is 86.7 Å². The van der Waals surface area contributed by atoms with E-state index in [1.54, 1.807) is 41.5 Å². The number of nitrogens with one attached hydrogen (secondary N) is 1. The van der Waals surface area contributed by atoms with E-state index in [0.717, 1.165) is 19.6 Å². The molecule has 0 spiro atoms. The highest BCUT2D eigenvalue weighted by atomic mass is 79.9. The van der Waals surface area contributed by atoms with Crippen LogP contribution < -0.4 is 5.32 Å². The Bertz CT molecular complexity index is 1160. The molecule has 0 radical (unpaired) electrons. The van der Waals surface area contributed by atoms with Crippen molar-refractivity contribution >= 4 is 55.7 Å². The van der Waals surface area contributed by atoms with Crippen molar-refractivity contribution in [3.8, 4) is 0 Å². The van der Waals surface area contributed by atoms with Crippen LogP contribution >= 0.6 is 27.3 Å². The van der Waals surface area contributed by atoms with Crippen molar-refractivity contribution in [3.63, 3.8) is 0 Å². The molecule has 0 bridgehead atoms. The third-order valence-electron chi connectivity index (χ3n) is 4.66. The highest BCUT2D eigenvalue weighted by Crippen LogP contribution is 2.23. The number of fused-ring (bicyclic) bond motifs is 1. The monoisotopic (exact) mass is 482 g/mol. The van der Waals surface area contributed by atoms with E-state index < -0.39 is 0 Å². The van der Waals surface area contributed by atoms with Gasteiger partial charge in [0, 0.05) is 23.0 Å². The molecule has 4 aromatic rings. The second-order valence-corrected chi connectivity index (χ2v) is 9.48. The summed E-state index contributed by atoms with van der Waals surface area (Å²) in [5, 5.41) is 3.71. The fourth-order valence-corrected chi connectivity index (χ4v) is 4.60. The molecule has 30 heavy (non-hydrogen) atoms. The van der Waals surface area contributed by atoms with Gasteiger partial charge in [0.1, 0.15) is 5.58 Å². The van der Waals surface area contributed by atoms with Gasteiger partial charge < -0.3 is 14.6 Å². The minimum Gasteiger partial charge on any atom is -0.451 e. The number of anilines is 1. The molecule has 0 unspecified atom stereocenters. The molecule has 7 heteroatoms. The maximum absolute atomic E-state index is 12.5. The summed E-state index contributed by atoms with van der Waals surface area (Å²) < 4.78 is 6.65. The van der Waals surface area contributed by atoms with Crippen molar-refractivity contribution in [1.29, 1.82) is 0 Å². The SMILES string of the molecule is CN(Cc1ccc(Br)s1)C(=O)Cc1ccc(NC(=O)c2cc3ccccc3o2)cc1. The summed E-state index contributed by atoms with van der Waals surface area (Å²) in [6.45, 7) is 0.584. The van der Waals surface area contributed by atoms with Crippen molar-refractivity contribution < 1.29 is 14.0 Å². The lowest BCUT2D eigenvalue weighted by molar-refractivity contribution is -0.129. The van der Waals surface area contributed by atoms with E-state index in [1.165, 1.54) is 0 Å². The van der Waals surface area contributed by atoms with Gasteiger partial charge in [0.25, 0.3) is 5.91 Å². The number of furan rings is 1. The Morgan fingerprint density at radius 2 is 1.83 bits per heavy atom. The zero-order valence-corrected chi connectivity index (χ0v) is 18.6. The molecule has 0 saturated carbocycles. The summed E-state index contributed by atoms with van der Waals surface area (Å²) in [6, 6.07) is 20.5. The first-order valence-corrected chi connectivity index (χ1v) is 11.0. The number of thiophene rings is 1. The maximum Gasteiger partial charge on any atom is 0.291 e. The van der Waals surface area contributed by atoms with E-state index in [9.17, 15) is 9.59 Å². The fraction of sp³-hybridized carbons (Fsp3) is 0.130. The van der Waals surface area contributed by atoms with Gasteiger partial charge in [0.2, 0.25) is 5.91 Å². The molecular weight excluding hydrogens is 464 g/mol. The number of halogens is 1. The molecule has 5 nitrogen and oxygen atoms in total. The molecule has 0 aliphatic rings. The van der Waals surface area contributed by atoms with Crippen molar-refractivity contribution in [2.24, 2.45) is 0 Å². The Kier molecular flexibility index (Phi) is 6.01. The quantitative estimate of drug-likeness (QED) is 0.382. The molecule has 0 aliphatic heterocycles. The van der Waals surface area contributed by atoms with E-state index in [2.05, 4.69) is 21.2 Å². The summed E-state index contributed by atoms with van der Waals surface area (Å²) in [5.41, 5.74) is 2.21. The Balaban J connectivity index is 1.35. The number of hydrogen-bond donors (Lipinski definition) is 1. The average Bonchev–Trinajstić information content (AvgIpc) is 3.35. The molecule has 2 aromatic carbocycles. The minimum atomic E-state index is -0.308. The number of rotatable bonds is 6. The molecule has 0 aliphatic carbocycles. The number of carbonyl (C=O) groups is 2. The van der Waals surface area contributed by atoms with Crippen LogP contribution in [0.5, 0.6) is 0 Å². The van der Waals surface area contributed by atoms with Crippen molar-refractivity contribution in [2.45, 2.75) is 13.0 Å². The Labute approximate surface area is 186 Å². The smallest absolute Gasteiger partial charge is 0.291 e. The topological polar surface area (TPSA) is 62.6 Å². The van der Waals surface area contributed by atoms with E-state index >= 15 is 0 Å². The fourth-order valence-electron chi connectivity index (χ4n) is 3.06. The molecule has 2 heterocycles. The van der Waals surface area contributed by atoms with Gasteiger partial charge >= 0.3 is 0 Å². The lowest BCUT2D eigenvalue weighted by Crippen LogP contribution is -2.27.